The van der Waals surface area contributed by atoms with E-state index in [9.17, 15) is 4.79 Å². The van der Waals surface area contributed by atoms with Crippen molar-refractivity contribution in [3.8, 4) is 0 Å². The molecule has 0 saturated carbocycles. The fourth-order valence-corrected chi connectivity index (χ4v) is 1.74. The molecular weight excluding hydrogens is 166 g/mol. The Morgan fingerprint density at radius 2 is 2.15 bits per heavy atom. The highest BCUT2D eigenvalue weighted by Crippen LogP contribution is 2.21. The Bertz CT molecular complexity index is 349. The first kappa shape index (κ1) is 8.16. The molecule has 4 nitrogen and oxygen atoms in total. The molecule has 1 aliphatic carbocycles. The number of carbonyl (C=O) groups excluding carboxylic acids is 1. The quantitative estimate of drug-likeness (QED) is 0.677. The average Bonchev–Trinajstić information content (AvgIpc) is 2.17. The van der Waals surface area contributed by atoms with Crippen molar-refractivity contribution in [2.45, 2.75) is 25.7 Å². The first-order valence-electron chi connectivity index (χ1n) is 4.42. The van der Waals surface area contributed by atoms with Gasteiger partial charge in [-0.05, 0) is 31.2 Å². The Morgan fingerprint density at radius 1 is 1.38 bits per heavy atom. The smallest absolute Gasteiger partial charge is 0.250 e. The van der Waals surface area contributed by atoms with E-state index in [1.807, 2.05) is 0 Å². The number of primary amides is 1. The molecule has 13 heavy (non-hydrogen) atoms. The number of rotatable bonds is 1. The molecule has 0 unspecified atom stereocenters. The van der Waals surface area contributed by atoms with Crippen LogP contribution in [0.15, 0.2) is 6.20 Å². The first-order chi connectivity index (χ1) is 6.29. The summed E-state index contributed by atoms with van der Waals surface area (Å²) < 4.78 is 0. The van der Waals surface area contributed by atoms with Crippen LogP contribution in [0.2, 0.25) is 0 Å². The second-order valence-corrected chi connectivity index (χ2v) is 3.25. The third kappa shape index (κ3) is 1.39. The zero-order valence-corrected chi connectivity index (χ0v) is 7.29. The summed E-state index contributed by atoms with van der Waals surface area (Å²) in [6, 6.07) is 0. The molecule has 2 rings (SSSR count). The van der Waals surface area contributed by atoms with Gasteiger partial charge in [0.05, 0.1) is 17.5 Å². The van der Waals surface area contributed by atoms with Crippen molar-refractivity contribution in [2.75, 3.05) is 0 Å². The predicted octanol–water partition coefficient (Wildman–Crippen LogP) is 0.454. The maximum Gasteiger partial charge on any atom is 0.250 e. The van der Waals surface area contributed by atoms with Gasteiger partial charge in [-0.15, -0.1) is 0 Å². The molecule has 2 N–H and O–H groups in total. The maximum absolute atomic E-state index is 11.0. The van der Waals surface area contributed by atoms with E-state index in [-0.39, 0.29) is 0 Å². The van der Waals surface area contributed by atoms with Gasteiger partial charge < -0.3 is 5.73 Å². The standard InChI is InChI=1S/C9H11N3O/c10-9(13)7-5-11-12-8-4-2-1-3-6(7)8/h5H,1-4H2,(H2,10,13). The molecule has 4 heteroatoms. The van der Waals surface area contributed by atoms with Gasteiger partial charge in [-0.1, -0.05) is 0 Å². The van der Waals surface area contributed by atoms with Crippen LogP contribution in [0.25, 0.3) is 0 Å². The van der Waals surface area contributed by atoms with Crippen LogP contribution in [0.5, 0.6) is 0 Å². The predicted molar refractivity (Wildman–Crippen MR) is 47.2 cm³/mol. The number of nitrogens with two attached hydrogens (primary N) is 1. The highest BCUT2D eigenvalue weighted by molar-refractivity contribution is 5.94. The van der Waals surface area contributed by atoms with E-state index in [1.165, 1.54) is 6.20 Å². The Labute approximate surface area is 76.2 Å². The Kier molecular flexibility index (Phi) is 1.96. The topological polar surface area (TPSA) is 68.9 Å². The lowest BCUT2D eigenvalue weighted by Crippen LogP contribution is -2.18. The van der Waals surface area contributed by atoms with Gasteiger partial charge >= 0.3 is 0 Å². The number of fused-ring (bicyclic) bond motifs is 1. The van der Waals surface area contributed by atoms with E-state index < -0.39 is 5.91 Å². The van der Waals surface area contributed by atoms with E-state index in [1.54, 1.807) is 0 Å². The van der Waals surface area contributed by atoms with Crippen molar-refractivity contribution in [1.29, 1.82) is 0 Å². The van der Waals surface area contributed by atoms with Crippen molar-refractivity contribution < 1.29 is 4.79 Å². The normalized spacial score (nSPS) is 15.1. The lowest BCUT2D eigenvalue weighted by atomic mass is 9.93. The molecule has 0 aromatic carbocycles. The molecular formula is C9H11N3O. The molecule has 1 heterocycles. The molecule has 0 aliphatic heterocycles. The minimum absolute atomic E-state index is 0.395. The van der Waals surface area contributed by atoms with Crippen LogP contribution >= 0.6 is 0 Å². The van der Waals surface area contributed by atoms with Gasteiger partial charge in [-0.25, -0.2) is 0 Å². The zero-order chi connectivity index (χ0) is 9.26. The number of amides is 1. The van der Waals surface area contributed by atoms with Gasteiger partial charge in [0.25, 0.3) is 5.91 Å². The monoisotopic (exact) mass is 177 g/mol. The van der Waals surface area contributed by atoms with Gasteiger partial charge in [0.15, 0.2) is 0 Å². The second kappa shape index (κ2) is 3.12. The summed E-state index contributed by atoms with van der Waals surface area (Å²) in [4.78, 5) is 11.0. The summed E-state index contributed by atoms with van der Waals surface area (Å²) in [5.74, 6) is -0.395. The number of aryl methyl sites for hydroxylation is 1. The molecule has 1 aromatic rings. The molecule has 68 valence electrons. The number of hydrogen-bond donors (Lipinski definition) is 1. The van der Waals surface area contributed by atoms with E-state index in [0.29, 0.717) is 5.56 Å². The second-order valence-electron chi connectivity index (χ2n) is 3.25. The lowest BCUT2D eigenvalue weighted by Gasteiger charge is -2.15. The summed E-state index contributed by atoms with van der Waals surface area (Å²) in [5.41, 5.74) is 7.73. The number of nitrogens with zero attached hydrogens (tertiary/aromatic N) is 2. The molecule has 0 saturated heterocycles. The van der Waals surface area contributed by atoms with E-state index in [2.05, 4.69) is 10.2 Å². The molecule has 0 bridgehead atoms. The van der Waals surface area contributed by atoms with Crippen molar-refractivity contribution in [1.82, 2.24) is 10.2 Å². The largest absolute Gasteiger partial charge is 0.366 e. The SMILES string of the molecule is NC(=O)c1cnnc2c1CCCC2. The average molecular weight is 177 g/mol. The van der Waals surface area contributed by atoms with E-state index in [4.69, 9.17) is 5.73 Å². The summed E-state index contributed by atoms with van der Waals surface area (Å²) in [5, 5.41) is 7.77. The number of aromatic nitrogens is 2. The van der Waals surface area contributed by atoms with Crippen LogP contribution in [-0.2, 0) is 12.8 Å². The summed E-state index contributed by atoms with van der Waals surface area (Å²) in [6.45, 7) is 0. The zero-order valence-electron chi connectivity index (χ0n) is 7.29. The van der Waals surface area contributed by atoms with Crippen LogP contribution in [-0.4, -0.2) is 16.1 Å². The van der Waals surface area contributed by atoms with Crippen LogP contribution in [0.1, 0.15) is 34.5 Å². The minimum Gasteiger partial charge on any atom is -0.366 e. The molecule has 0 spiro atoms. The summed E-state index contributed by atoms with van der Waals surface area (Å²) in [7, 11) is 0. The van der Waals surface area contributed by atoms with Crippen molar-refractivity contribution in [2.24, 2.45) is 5.73 Å². The van der Waals surface area contributed by atoms with Crippen molar-refractivity contribution in [3.05, 3.63) is 23.0 Å². The van der Waals surface area contributed by atoms with Gasteiger partial charge in [0.1, 0.15) is 0 Å². The van der Waals surface area contributed by atoms with Crippen LogP contribution in [0.4, 0.5) is 0 Å². The lowest BCUT2D eigenvalue weighted by molar-refractivity contribution is 0.0998. The van der Waals surface area contributed by atoms with E-state index in [0.717, 1.165) is 36.9 Å². The molecule has 1 aromatic heterocycles. The number of carbonyl (C=O) groups is 1. The Hall–Kier alpha value is -1.45. The summed E-state index contributed by atoms with van der Waals surface area (Å²) in [6.07, 6.45) is 5.53. The fraction of sp³-hybridized carbons (Fsp3) is 0.444. The fourth-order valence-electron chi connectivity index (χ4n) is 1.74. The number of hydrogen-bond acceptors (Lipinski definition) is 3. The third-order valence-electron chi connectivity index (χ3n) is 2.39. The molecule has 0 fully saturated rings. The summed E-state index contributed by atoms with van der Waals surface area (Å²) >= 11 is 0. The Morgan fingerprint density at radius 3 is 2.92 bits per heavy atom. The molecule has 1 amide bonds. The van der Waals surface area contributed by atoms with Crippen LogP contribution in [0.3, 0.4) is 0 Å². The van der Waals surface area contributed by atoms with Gasteiger partial charge in [-0.3, -0.25) is 4.79 Å². The van der Waals surface area contributed by atoms with Gasteiger partial charge in [0.2, 0.25) is 0 Å². The van der Waals surface area contributed by atoms with E-state index >= 15 is 0 Å². The van der Waals surface area contributed by atoms with Crippen molar-refractivity contribution in [3.63, 3.8) is 0 Å². The first-order valence-corrected chi connectivity index (χ1v) is 4.42. The highest BCUT2D eigenvalue weighted by Gasteiger charge is 2.17. The molecule has 1 aliphatic rings. The maximum atomic E-state index is 11.0. The molecule has 0 atom stereocenters. The molecule has 0 radical (unpaired) electrons. The Balaban J connectivity index is 2.52. The third-order valence-corrected chi connectivity index (χ3v) is 2.39. The van der Waals surface area contributed by atoms with Crippen molar-refractivity contribution >= 4 is 5.91 Å². The van der Waals surface area contributed by atoms with Gasteiger partial charge in [-0.2, -0.15) is 10.2 Å². The van der Waals surface area contributed by atoms with Crippen LogP contribution in [0, 0.1) is 0 Å². The minimum atomic E-state index is -0.395. The van der Waals surface area contributed by atoms with Gasteiger partial charge in [0, 0.05) is 0 Å². The van der Waals surface area contributed by atoms with Crippen LogP contribution < -0.4 is 5.73 Å². The highest BCUT2D eigenvalue weighted by atomic mass is 16.1.